The van der Waals surface area contributed by atoms with Crippen LogP contribution in [0.15, 0.2) is 12.1 Å². The first-order chi connectivity index (χ1) is 17.3. The first-order valence-corrected chi connectivity index (χ1v) is 9.87. The standard InChI is InChI=1S/C18H14F12N2O7/c1-3-6(2)8-4-7(31(35)36)5-9(32(37)38)10(8)11(39-13(33)34)14(21,22)16(25,26)18(29,30)17(27,28)15(23,24)12(19)20/h4-6,11-12H,3H2,1-2H3,(H,33,34). The average Bonchev–Trinajstić information content (AvgIpc) is 2.80. The molecule has 0 aromatic heterocycles. The molecule has 1 aromatic carbocycles. The molecule has 9 nitrogen and oxygen atoms in total. The Kier molecular flexibility index (Phi) is 9.05. The van der Waals surface area contributed by atoms with Gasteiger partial charge < -0.3 is 9.84 Å². The van der Waals surface area contributed by atoms with Gasteiger partial charge in [0.1, 0.15) is 0 Å². The van der Waals surface area contributed by atoms with Gasteiger partial charge in [0.25, 0.3) is 11.4 Å². The zero-order valence-electron chi connectivity index (χ0n) is 18.9. The number of ether oxygens (including phenoxy) is 1. The zero-order valence-corrected chi connectivity index (χ0v) is 18.9. The molecule has 2 atom stereocenters. The van der Waals surface area contributed by atoms with Crippen molar-refractivity contribution in [3.8, 4) is 0 Å². The highest BCUT2D eigenvalue weighted by molar-refractivity contribution is 5.61. The predicted octanol–water partition coefficient (Wildman–Crippen LogP) is 7.19. The van der Waals surface area contributed by atoms with Gasteiger partial charge in [-0.1, -0.05) is 13.8 Å². The molecule has 0 aliphatic heterocycles. The molecule has 1 aromatic rings. The van der Waals surface area contributed by atoms with Crippen LogP contribution in [0, 0.1) is 20.2 Å². The number of non-ortho nitro benzene ring substituents is 1. The fourth-order valence-corrected chi connectivity index (χ4v) is 3.15. The van der Waals surface area contributed by atoms with Crippen molar-refractivity contribution in [2.45, 2.75) is 68.3 Å². The molecule has 39 heavy (non-hydrogen) atoms. The van der Waals surface area contributed by atoms with Gasteiger partial charge in [-0.2, -0.15) is 43.9 Å². The van der Waals surface area contributed by atoms with Crippen LogP contribution in [0.5, 0.6) is 0 Å². The minimum absolute atomic E-state index is 0.195. The number of nitro benzene ring substituents is 2. The molecule has 0 bridgehead atoms. The van der Waals surface area contributed by atoms with Crippen molar-refractivity contribution in [3.05, 3.63) is 43.5 Å². The summed E-state index contributed by atoms with van der Waals surface area (Å²) < 4.78 is 169. The quantitative estimate of drug-likeness (QED) is 0.117. The Bertz CT molecular complexity index is 1130. The Balaban J connectivity index is 4.21. The highest BCUT2D eigenvalue weighted by atomic mass is 19.4. The van der Waals surface area contributed by atoms with Crippen LogP contribution in [0.25, 0.3) is 0 Å². The lowest BCUT2D eigenvalue weighted by Crippen LogP contribution is -2.69. The molecule has 0 spiro atoms. The van der Waals surface area contributed by atoms with Crippen LogP contribution < -0.4 is 0 Å². The number of nitro groups is 2. The third-order valence-corrected chi connectivity index (χ3v) is 5.44. The van der Waals surface area contributed by atoms with Gasteiger partial charge in [-0.15, -0.1) is 0 Å². The smallest absolute Gasteiger partial charge is 0.450 e. The number of benzene rings is 1. The van der Waals surface area contributed by atoms with E-state index in [1.54, 1.807) is 0 Å². The second-order valence-electron chi connectivity index (χ2n) is 7.82. The molecule has 21 heteroatoms. The summed E-state index contributed by atoms with van der Waals surface area (Å²) in [6.07, 6.45) is -13.8. The minimum Gasteiger partial charge on any atom is -0.450 e. The summed E-state index contributed by atoms with van der Waals surface area (Å²) in [5.74, 6) is -39.9. The van der Waals surface area contributed by atoms with E-state index in [1.165, 1.54) is 6.92 Å². The fourth-order valence-electron chi connectivity index (χ4n) is 3.15. The summed E-state index contributed by atoms with van der Waals surface area (Å²) in [4.78, 5) is 30.5. The van der Waals surface area contributed by atoms with Gasteiger partial charge in [0.05, 0.1) is 21.5 Å². The number of hydrogen-bond acceptors (Lipinski definition) is 6. The molecule has 1 rings (SSSR count). The fraction of sp³-hybridized carbons (Fsp3) is 0.611. The van der Waals surface area contributed by atoms with E-state index in [4.69, 9.17) is 5.11 Å². The molecule has 2 unspecified atom stereocenters. The van der Waals surface area contributed by atoms with Crippen LogP contribution in [0.3, 0.4) is 0 Å². The second-order valence-corrected chi connectivity index (χ2v) is 7.82. The average molecular weight is 598 g/mol. The lowest BCUT2D eigenvalue weighted by atomic mass is 9.83. The topological polar surface area (TPSA) is 133 Å². The maximum absolute atomic E-state index is 15.0. The van der Waals surface area contributed by atoms with E-state index < -0.39 is 86.6 Å². The lowest BCUT2D eigenvalue weighted by Gasteiger charge is -2.41. The number of alkyl halides is 12. The summed E-state index contributed by atoms with van der Waals surface area (Å²) in [5.41, 5.74) is -6.53. The molecular formula is C18H14F12N2O7. The third kappa shape index (κ3) is 5.34. The lowest BCUT2D eigenvalue weighted by molar-refractivity contribution is -0.421. The SMILES string of the molecule is CCC(C)c1cc([N+](=O)[O-])cc([N+](=O)[O-])c1C(OC(=O)O)C(F)(F)C(F)(F)C(F)(F)C(F)(F)C(F)(F)C(F)F. The van der Waals surface area contributed by atoms with Gasteiger partial charge in [-0.3, -0.25) is 20.2 Å². The molecule has 0 aliphatic carbocycles. The van der Waals surface area contributed by atoms with Gasteiger partial charge in [-0.25, -0.2) is 13.6 Å². The van der Waals surface area contributed by atoms with Gasteiger partial charge in [0.2, 0.25) is 6.10 Å². The van der Waals surface area contributed by atoms with Crippen molar-refractivity contribution in [2.24, 2.45) is 0 Å². The summed E-state index contributed by atoms with van der Waals surface area (Å²) >= 11 is 0. The van der Waals surface area contributed by atoms with Crippen molar-refractivity contribution in [1.29, 1.82) is 0 Å². The number of rotatable bonds is 12. The van der Waals surface area contributed by atoms with Gasteiger partial charge in [-0.05, 0) is 17.9 Å². The Morgan fingerprint density at radius 3 is 1.72 bits per heavy atom. The zero-order chi connectivity index (χ0) is 31.1. The molecular weight excluding hydrogens is 584 g/mol. The van der Waals surface area contributed by atoms with Crippen LogP contribution in [0.1, 0.15) is 43.4 Å². The molecule has 0 heterocycles. The van der Waals surface area contributed by atoms with Gasteiger partial charge in [0, 0.05) is 6.07 Å². The summed E-state index contributed by atoms with van der Waals surface area (Å²) in [6, 6.07) is -0.0219. The Labute approximate surface area is 207 Å². The number of nitrogens with zero attached hydrogens (tertiary/aromatic N) is 2. The summed E-state index contributed by atoms with van der Waals surface area (Å²) in [5, 5.41) is 31.4. The monoisotopic (exact) mass is 598 g/mol. The molecule has 0 saturated carbocycles. The minimum atomic E-state index is -8.10. The van der Waals surface area contributed by atoms with Crippen LogP contribution in [-0.2, 0) is 4.74 Å². The molecule has 0 radical (unpaired) electrons. The molecule has 0 saturated heterocycles. The van der Waals surface area contributed by atoms with Crippen LogP contribution in [0.4, 0.5) is 68.9 Å². The van der Waals surface area contributed by atoms with E-state index in [1.807, 2.05) is 0 Å². The van der Waals surface area contributed by atoms with Crippen LogP contribution >= 0.6 is 0 Å². The Hall–Kier alpha value is -3.55. The van der Waals surface area contributed by atoms with E-state index in [0.717, 1.165) is 6.92 Å². The number of carboxylic acid groups (broad SMARTS) is 1. The largest absolute Gasteiger partial charge is 0.506 e. The van der Waals surface area contributed by atoms with Crippen LogP contribution in [-0.4, -0.2) is 57.1 Å². The number of hydrogen-bond donors (Lipinski definition) is 1. The number of carbonyl (C=O) groups is 1. The maximum Gasteiger partial charge on any atom is 0.506 e. The van der Waals surface area contributed by atoms with Crippen LogP contribution in [0.2, 0.25) is 0 Å². The third-order valence-electron chi connectivity index (χ3n) is 5.44. The normalized spacial score (nSPS) is 15.2. The molecule has 1 N–H and O–H groups in total. The first-order valence-electron chi connectivity index (χ1n) is 9.87. The predicted molar refractivity (Wildman–Crippen MR) is 101 cm³/mol. The van der Waals surface area contributed by atoms with E-state index in [9.17, 15) is 68.9 Å². The van der Waals surface area contributed by atoms with Gasteiger partial charge in [0.15, 0.2) is 0 Å². The highest BCUT2D eigenvalue weighted by Gasteiger charge is 2.89. The second kappa shape index (κ2) is 10.5. The maximum atomic E-state index is 15.0. The van der Waals surface area contributed by atoms with Crippen molar-refractivity contribution in [2.75, 3.05) is 0 Å². The number of halogens is 12. The van der Waals surface area contributed by atoms with E-state index in [-0.39, 0.29) is 18.6 Å². The highest BCUT2D eigenvalue weighted by Crippen LogP contribution is 2.61. The van der Waals surface area contributed by atoms with Crippen molar-refractivity contribution < 1.29 is 77.2 Å². The van der Waals surface area contributed by atoms with Crippen molar-refractivity contribution in [1.82, 2.24) is 0 Å². The Morgan fingerprint density at radius 1 is 0.897 bits per heavy atom. The van der Waals surface area contributed by atoms with E-state index in [2.05, 4.69) is 4.74 Å². The molecule has 222 valence electrons. The van der Waals surface area contributed by atoms with Gasteiger partial charge >= 0.3 is 42.2 Å². The van der Waals surface area contributed by atoms with Crippen molar-refractivity contribution in [3.63, 3.8) is 0 Å². The summed E-state index contributed by atoms with van der Waals surface area (Å²) in [6.45, 7) is 2.10. The van der Waals surface area contributed by atoms with E-state index in [0.29, 0.717) is 0 Å². The molecule has 0 fully saturated rings. The van der Waals surface area contributed by atoms with E-state index >= 15 is 8.78 Å². The summed E-state index contributed by atoms with van der Waals surface area (Å²) in [7, 11) is 0. The Morgan fingerprint density at radius 2 is 1.36 bits per heavy atom. The molecule has 0 aliphatic rings. The molecule has 0 amide bonds. The van der Waals surface area contributed by atoms with Crippen molar-refractivity contribution >= 4 is 17.5 Å². The first kappa shape index (κ1) is 33.5.